The Kier molecular flexibility index (Phi) is 3.21. The smallest absolute Gasteiger partial charge is 0.141 e. The molecule has 1 aromatic carbocycles. The molecule has 1 unspecified atom stereocenters. The highest BCUT2D eigenvalue weighted by Crippen LogP contribution is 2.38. The number of nitrogens with two attached hydrogens (primary N) is 1. The van der Waals surface area contributed by atoms with Crippen molar-refractivity contribution >= 4 is 0 Å². The summed E-state index contributed by atoms with van der Waals surface area (Å²) >= 11 is 0. The molecule has 1 aliphatic carbocycles. The van der Waals surface area contributed by atoms with Crippen molar-refractivity contribution in [3.8, 4) is 17.6 Å². The zero-order valence-corrected chi connectivity index (χ0v) is 9.85. The predicted octanol–water partition coefficient (Wildman–Crippen LogP) is 1.71. The highest BCUT2D eigenvalue weighted by molar-refractivity contribution is 5.31. The maximum atomic E-state index is 9.08. The third-order valence-corrected chi connectivity index (χ3v) is 3.05. The quantitative estimate of drug-likeness (QED) is 0.839. The molecule has 0 saturated heterocycles. The Bertz CT molecular complexity index is 420. The first kappa shape index (κ1) is 11.7. The molecule has 17 heavy (non-hydrogen) atoms. The predicted molar refractivity (Wildman–Crippen MR) is 63.7 cm³/mol. The van der Waals surface area contributed by atoms with E-state index in [4.69, 9.17) is 20.5 Å². The molecule has 4 heteroatoms. The normalized spacial score (nSPS) is 17.9. The third-order valence-electron chi connectivity index (χ3n) is 3.05. The zero-order chi connectivity index (χ0) is 12.3. The van der Waals surface area contributed by atoms with Crippen LogP contribution in [-0.4, -0.2) is 19.3 Å². The van der Waals surface area contributed by atoms with Crippen molar-refractivity contribution in [1.29, 1.82) is 5.26 Å². The van der Waals surface area contributed by atoms with Gasteiger partial charge in [-0.05, 0) is 43.0 Å². The summed E-state index contributed by atoms with van der Waals surface area (Å²) in [6, 6.07) is 9.41. The number of hydrogen-bond donors (Lipinski definition) is 1. The van der Waals surface area contributed by atoms with Crippen molar-refractivity contribution in [2.45, 2.75) is 18.4 Å². The van der Waals surface area contributed by atoms with Crippen LogP contribution in [0.15, 0.2) is 24.3 Å². The summed E-state index contributed by atoms with van der Waals surface area (Å²) in [7, 11) is 1.61. The van der Waals surface area contributed by atoms with Crippen LogP contribution >= 0.6 is 0 Å². The van der Waals surface area contributed by atoms with Gasteiger partial charge in [-0.3, -0.25) is 0 Å². The number of rotatable bonds is 5. The van der Waals surface area contributed by atoms with E-state index in [1.54, 1.807) is 7.11 Å². The zero-order valence-electron chi connectivity index (χ0n) is 9.85. The van der Waals surface area contributed by atoms with E-state index >= 15 is 0 Å². The molecular formula is C13H16N2O2. The maximum Gasteiger partial charge on any atom is 0.141 e. The number of ether oxygens (including phenoxy) is 2. The molecule has 0 aromatic heterocycles. The van der Waals surface area contributed by atoms with Gasteiger partial charge in [-0.2, -0.15) is 5.26 Å². The fourth-order valence-corrected chi connectivity index (χ4v) is 1.71. The van der Waals surface area contributed by atoms with Crippen LogP contribution in [0.25, 0.3) is 0 Å². The molecule has 2 N–H and O–H groups in total. The van der Waals surface area contributed by atoms with Gasteiger partial charge in [-0.25, -0.2) is 0 Å². The maximum absolute atomic E-state index is 9.08. The Hall–Kier alpha value is -1.73. The molecule has 1 aromatic rings. The fourth-order valence-electron chi connectivity index (χ4n) is 1.71. The van der Waals surface area contributed by atoms with Crippen LogP contribution in [0.4, 0.5) is 0 Å². The molecule has 0 heterocycles. The largest absolute Gasteiger partial charge is 0.497 e. The molecule has 1 atom stereocenters. The molecule has 0 amide bonds. The van der Waals surface area contributed by atoms with Gasteiger partial charge in [0.25, 0.3) is 0 Å². The van der Waals surface area contributed by atoms with Gasteiger partial charge in [0, 0.05) is 0 Å². The topological polar surface area (TPSA) is 68.3 Å². The summed E-state index contributed by atoms with van der Waals surface area (Å²) in [6.45, 7) is 0.237. The van der Waals surface area contributed by atoms with Crippen molar-refractivity contribution in [2.75, 3.05) is 13.7 Å². The second-order valence-electron chi connectivity index (χ2n) is 4.39. The first-order valence-corrected chi connectivity index (χ1v) is 5.65. The first-order chi connectivity index (χ1) is 8.18. The number of methoxy groups -OCH3 is 1. The minimum atomic E-state index is -0.847. The lowest BCUT2D eigenvalue weighted by atomic mass is 9.98. The van der Waals surface area contributed by atoms with Crippen LogP contribution in [0.5, 0.6) is 11.5 Å². The van der Waals surface area contributed by atoms with Crippen molar-refractivity contribution in [3.05, 3.63) is 24.3 Å². The molecule has 2 rings (SSSR count). The van der Waals surface area contributed by atoms with Crippen LogP contribution in [0.3, 0.4) is 0 Å². The van der Waals surface area contributed by atoms with E-state index in [-0.39, 0.29) is 12.5 Å². The Labute approximate surface area is 101 Å². The van der Waals surface area contributed by atoms with Gasteiger partial charge < -0.3 is 15.2 Å². The van der Waals surface area contributed by atoms with Gasteiger partial charge >= 0.3 is 0 Å². The van der Waals surface area contributed by atoms with Crippen LogP contribution in [-0.2, 0) is 0 Å². The summed E-state index contributed by atoms with van der Waals surface area (Å²) in [4.78, 5) is 0. The van der Waals surface area contributed by atoms with Crippen molar-refractivity contribution in [2.24, 2.45) is 11.7 Å². The summed E-state index contributed by atoms with van der Waals surface area (Å²) in [5, 5.41) is 9.08. The SMILES string of the molecule is COc1ccc(OCC(N)(C#N)C2CC2)cc1. The summed E-state index contributed by atoms with van der Waals surface area (Å²) in [6.07, 6.45) is 2.05. The van der Waals surface area contributed by atoms with Crippen LogP contribution in [0.1, 0.15) is 12.8 Å². The van der Waals surface area contributed by atoms with Gasteiger partial charge in [0.05, 0.1) is 13.2 Å². The number of nitrogens with zero attached hydrogens (tertiary/aromatic N) is 1. The number of hydrogen-bond acceptors (Lipinski definition) is 4. The third kappa shape index (κ3) is 2.69. The van der Waals surface area contributed by atoms with E-state index in [1.807, 2.05) is 24.3 Å². The summed E-state index contributed by atoms with van der Waals surface area (Å²) in [5.41, 5.74) is 5.15. The Morgan fingerprint density at radius 3 is 2.41 bits per heavy atom. The monoisotopic (exact) mass is 232 g/mol. The van der Waals surface area contributed by atoms with Gasteiger partial charge in [0.1, 0.15) is 23.6 Å². The first-order valence-electron chi connectivity index (χ1n) is 5.65. The molecule has 0 bridgehead atoms. The van der Waals surface area contributed by atoms with Gasteiger partial charge in [-0.15, -0.1) is 0 Å². The molecule has 0 aliphatic heterocycles. The average Bonchev–Trinajstić information content (AvgIpc) is 3.21. The van der Waals surface area contributed by atoms with E-state index in [1.165, 1.54) is 0 Å². The van der Waals surface area contributed by atoms with Gasteiger partial charge in [0.15, 0.2) is 0 Å². The Balaban J connectivity index is 1.94. The number of benzene rings is 1. The Morgan fingerprint density at radius 2 is 1.94 bits per heavy atom. The van der Waals surface area contributed by atoms with Crippen molar-refractivity contribution in [1.82, 2.24) is 0 Å². The minimum Gasteiger partial charge on any atom is -0.497 e. The molecule has 1 saturated carbocycles. The Morgan fingerprint density at radius 1 is 1.35 bits per heavy atom. The average molecular weight is 232 g/mol. The second-order valence-corrected chi connectivity index (χ2v) is 4.39. The standard InChI is InChI=1S/C13H16N2O2/c1-16-11-4-6-12(7-5-11)17-9-13(15,8-14)10-2-3-10/h4-7,10H,2-3,9,15H2,1H3. The van der Waals surface area contributed by atoms with Crippen LogP contribution in [0.2, 0.25) is 0 Å². The lowest BCUT2D eigenvalue weighted by molar-refractivity contribution is 0.236. The fraction of sp³-hybridized carbons (Fsp3) is 0.462. The van der Waals surface area contributed by atoms with Crippen LogP contribution < -0.4 is 15.2 Å². The molecule has 1 aliphatic rings. The molecule has 90 valence electrons. The van der Waals surface area contributed by atoms with E-state index < -0.39 is 5.54 Å². The van der Waals surface area contributed by atoms with Crippen molar-refractivity contribution < 1.29 is 9.47 Å². The molecule has 0 radical (unpaired) electrons. The van der Waals surface area contributed by atoms with Gasteiger partial charge in [-0.1, -0.05) is 0 Å². The van der Waals surface area contributed by atoms with Crippen molar-refractivity contribution in [3.63, 3.8) is 0 Å². The molecule has 0 spiro atoms. The highest BCUT2D eigenvalue weighted by Gasteiger charge is 2.43. The van der Waals surface area contributed by atoms with Gasteiger partial charge in [0.2, 0.25) is 0 Å². The van der Waals surface area contributed by atoms with E-state index in [2.05, 4.69) is 6.07 Å². The van der Waals surface area contributed by atoms with E-state index in [9.17, 15) is 0 Å². The van der Waals surface area contributed by atoms with E-state index in [0.717, 1.165) is 18.6 Å². The lowest BCUT2D eigenvalue weighted by Crippen LogP contribution is -2.46. The lowest BCUT2D eigenvalue weighted by Gasteiger charge is -2.21. The number of nitriles is 1. The molecule has 4 nitrogen and oxygen atoms in total. The van der Waals surface area contributed by atoms with E-state index in [0.29, 0.717) is 5.75 Å². The molecule has 1 fully saturated rings. The van der Waals surface area contributed by atoms with Crippen LogP contribution in [0, 0.1) is 17.2 Å². The summed E-state index contributed by atoms with van der Waals surface area (Å²) < 4.78 is 10.6. The highest BCUT2D eigenvalue weighted by atomic mass is 16.5. The summed E-state index contributed by atoms with van der Waals surface area (Å²) in [5.74, 6) is 1.76. The second kappa shape index (κ2) is 4.64. The molecular weight excluding hydrogens is 216 g/mol. The minimum absolute atomic E-state index is 0.237.